The van der Waals surface area contributed by atoms with Crippen LogP contribution in [0.3, 0.4) is 0 Å². The smallest absolute Gasteiger partial charge is 0.251 e. The summed E-state index contributed by atoms with van der Waals surface area (Å²) in [6.07, 6.45) is 7.96. The molecule has 0 radical (unpaired) electrons. The van der Waals surface area contributed by atoms with E-state index in [1.54, 1.807) is 18.2 Å². The predicted molar refractivity (Wildman–Crippen MR) is 89.1 cm³/mol. The molecule has 0 saturated heterocycles. The monoisotopic (exact) mass is 330 g/mol. The molecule has 2 N–H and O–H groups in total. The Morgan fingerprint density at radius 2 is 1.96 bits per heavy atom. The van der Waals surface area contributed by atoms with Gasteiger partial charge >= 0.3 is 0 Å². The lowest BCUT2D eigenvalue weighted by atomic mass is 9.97. The van der Waals surface area contributed by atoms with Crippen molar-refractivity contribution in [2.75, 3.05) is 19.9 Å². The molecule has 0 aromatic heterocycles. The zero-order chi connectivity index (χ0) is 16.8. The maximum absolute atomic E-state index is 12.1. The Bertz CT molecular complexity index is 654. The Morgan fingerprint density at radius 1 is 1.08 bits per heavy atom. The molecule has 0 atom stereocenters. The van der Waals surface area contributed by atoms with Crippen LogP contribution in [0.25, 0.3) is 0 Å². The van der Waals surface area contributed by atoms with Crippen LogP contribution in [0.2, 0.25) is 0 Å². The summed E-state index contributed by atoms with van der Waals surface area (Å²) in [6, 6.07) is 4.95. The molecule has 0 unspecified atom stereocenters. The van der Waals surface area contributed by atoms with Gasteiger partial charge in [-0.25, -0.2) is 0 Å². The average Bonchev–Trinajstić information content (AvgIpc) is 3.08. The number of fused-ring (bicyclic) bond motifs is 1. The van der Waals surface area contributed by atoms with Gasteiger partial charge in [0.2, 0.25) is 12.7 Å². The molecule has 0 spiro atoms. The molecular formula is C18H22N2O4. The summed E-state index contributed by atoms with van der Waals surface area (Å²) in [5.74, 6) is 0.688. The normalized spacial score (nSPS) is 15.6. The molecular weight excluding hydrogens is 308 g/mol. The first kappa shape index (κ1) is 16.4. The van der Waals surface area contributed by atoms with Gasteiger partial charge in [0.25, 0.3) is 5.91 Å². The molecule has 1 aliphatic heterocycles. The number of allylic oxidation sites excluding steroid dienone is 1. The van der Waals surface area contributed by atoms with Crippen molar-refractivity contribution in [3.8, 4) is 11.5 Å². The van der Waals surface area contributed by atoms with Gasteiger partial charge in [0, 0.05) is 12.1 Å². The second-order valence-corrected chi connectivity index (χ2v) is 5.96. The second kappa shape index (κ2) is 7.86. The quantitative estimate of drug-likeness (QED) is 0.784. The van der Waals surface area contributed by atoms with E-state index in [2.05, 4.69) is 16.7 Å². The van der Waals surface area contributed by atoms with Gasteiger partial charge in [-0.2, -0.15) is 0 Å². The molecule has 0 saturated carbocycles. The number of carbonyl (C=O) groups is 2. The number of benzene rings is 1. The number of carbonyl (C=O) groups excluding carboxylic acids is 2. The minimum atomic E-state index is -0.307. The van der Waals surface area contributed by atoms with E-state index in [1.807, 2.05) is 0 Å². The molecule has 6 nitrogen and oxygen atoms in total. The molecule has 6 heteroatoms. The van der Waals surface area contributed by atoms with Crippen molar-refractivity contribution in [1.29, 1.82) is 0 Å². The van der Waals surface area contributed by atoms with Crippen molar-refractivity contribution in [2.24, 2.45) is 0 Å². The highest BCUT2D eigenvalue weighted by Crippen LogP contribution is 2.32. The number of ether oxygens (including phenoxy) is 2. The molecule has 1 aliphatic carbocycles. The van der Waals surface area contributed by atoms with Crippen LogP contribution < -0.4 is 20.1 Å². The maximum Gasteiger partial charge on any atom is 0.251 e. The van der Waals surface area contributed by atoms with Gasteiger partial charge < -0.3 is 20.1 Å². The first-order valence-corrected chi connectivity index (χ1v) is 8.35. The van der Waals surface area contributed by atoms with Crippen molar-refractivity contribution >= 4 is 11.8 Å². The van der Waals surface area contributed by atoms with E-state index in [9.17, 15) is 9.59 Å². The SMILES string of the molecule is O=C(CNC(=O)c1ccc2c(c1)OCO2)NCCC1=CCCCC1. The molecule has 3 rings (SSSR count). The van der Waals surface area contributed by atoms with E-state index in [1.165, 1.54) is 18.4 Å². The summed E-state index contributed by atoms with van der Waals surface area (Å²) in [5, 5.41) is 5.46. The van der Waals surface area contributed by atoms with Gasteiger partial charge in [-0.05, 0) is 50.3 Å². The maximum atomic E-state index is 12.1. The fourth-order valence-electron chi connectivity index (χ4n) is 2.86. The third-order valence-corrected chi connectivity index (χ3v) is 4.20. The third-order valence-electron chi connectivity index (χ3n) is 4.20. The average molecular weight is 330 g/mol. The number of hydrogen-bond donors (Lipinski definition) is 2. The van der Waals surface area contributed by atoms with Gasteiger partial charge in [0.15, 0.2) is 11.5 Å². The highest BCUT2D eigenvalue weighted by Gasteiger charge is 2.16. The number of hydrogen-bond acceptors (Lipinski definition) is 4. The lowest BCUT2D eigenvalue weighted by Crippen LogP contribution is -2.37. The van der Waals surface area contributed by atoms with Crippen LogP contribution in [-0.4, -0.2) is 31.7 Å². The van der Waals surface area contributed by atoms with Crippen LogP contribution in [0.1, 0.15) is 42.5 Å². The summed E-state index contributed by atoms with van der Waals surface area (Å²) in [4.78, 5) is 23.9. The Labute approximate surface area is 141 Å². The van der Waals surface area contributed by atoms with E-state index < -0.39 is 0 Å². The van der Waals surface area contributed by atoms with Crippen molar-refractivity contribution in [3.63, 3.8) is 0 Å². The fraction of sp³-hybridized carbons (Fsp3) is 0.444. The predicted octanol–water partition coefficient (Wildman–Crippen LogP) is 2.15. The second-order valence-electron chi connectivity index (χ2n) is 5.96. The van der Waals surface area contributed by atoms with Gasteiger partial charge in [0.1, 0.15) is 0 Å². The molecule has 2 amide bonds. The molecule has 0 fully saturated rings. The third kappa shape index (κ3) is 4.28. The molecule has 1 aromatic carbocycles. The zero-order valence-corrected chi connectivity index (χ0v) is 13.6. The van der Waals surface area contributed by atoms with Gasteiger partial charge in [0.05, 0.1) is 6.54 Å². The number of rotatable bonds is 6. The van der Waals surface area contributed by atoms with E-state index in [4.69, 9.17) is 9.47 Å². The Morgan fingerprint density at radius 3 is 2.79 bits per heavy atom. The summed E-state index contributed by atoms with van der Waals surface area (Å²) < 4.78 is 10.4. The molecule has 2 aliphatic rings. The van der Waals surface area contributed by atoms with Crippen LogP contribution in [0.4, 0.5) is 0 Å². The number of amides is 2. The molecule has 128 valence electrons. The Hall–Kier alpha value is -2.50. The van der Waals surface area contributed by atoms with E-state index in [-0.39, 0.29) is 25.2 Å². The van der Waals surface area contributed by atoms with Crippen LogP contribution in [0.5, 0.6) is 11.5 Å². The van der Waals surface area contributed by atoms with Crippen molar-refractivity contribution in [1.82, 2.24) is 10.6 Å². The van der Waals surface area contributed by atoms with Gasteiger partial charge in [-0.15, -0.1) is 0 Å². The van der Waals surface area contributed by atoms with Crippen LogP contribution in [0.15, 0.2) is 29.8 Å². The van der Waals surface area contributed by atoms with Gasteiger partial charge in [-0.1, -0.05) is 11.6 Å². The lowest BCUT2D eigenvalue weighted by molar-refractivity contribution is -0.120. The summed E-state index contributed by atoms with van der Waals surface area (Å²) in [5.41, 5.74) is 1.87. The topological polar surface area (TPSA) is 76.7 Å². The highest BCUT2D eigenvalue weighted by molar-refractivity contribution is 5.97. The minimum absolute atomic E-state index is 0.0354. The first-order valence-electron chi connectivity index (χ1n) is 8.35. The standard InChI is InChI=1S/C18H22N2O4/c21-17(19-9-8-13-4-2-1-3-5-13)11-20-18(22)14-6-7-15-16(10-14)24-12-23-15/h4,6-7,10H,1-3,5,8-9,11-12H2,(H,19,21)(H,20,22). The molecule has 1 heterocycles. The van der Waals surface area contributed by atoms with Crippen LogP contribution >= 0.6 is 0 Å². The fourth-order valence-corrected chi connectivity index (χ4v) is 2.86. The molecule has 1 aromatic rings. The van der Waals surface area contributed by atoms with Crippen molar-refractivity contribution in [2.45, 2.75) is 32.1 Å². The molecule has 0 bridgehead atoms. The van der Waals surface area contributed by atoms with Crippen LogP contribution in [-0.2, 0) is 4.79 Å². The Kier molecular flexibility index (Phi) is 5.36. The van der Waals surface area contributed by atoms with Gasteiger partial charge in [-0.3, -0.25) is 9.59 Å². The van der Waals surface area contributed by atoms with Crippen LogP contribution in [0, 0.1) is 0 Å². The Balaban J connectivity index is 1.39. The summed E-state index contributed by atoms with van der Waals surface area (Å²) in [7, 11) is 0. The highest BCUT2D eigenvalue weighted by atomic mass is 16.7. The van der Waals surface area contributed by atoms with E-state index in [0.717, 1.165) is 19.3 Å². The van der Waals surface area contributed by atoms with E-state index in [0.29, 0.717) is 23.6 Å². The first-order chi connectivity index (χ1) is 11.7. The summed E-state index contributed by atoms with van der Waals surface area (Å²) in [6.45, 7) is 0.746. The minimum Gasteiger partial charge on any atom is -0.454 e. The lowest BCUT2D eigenvalue weighted by Gasteiger charge is -2.13. The van der Waals surface area contributed by atoms with Crippen molar-refractivity contribution < 1.29 is 19.1 Å². The van der Waals surface area contributed by atoms with Crippen molar-refractivity contribution in [3.05, 3.63) is 35.4 Å². The van der Waals surface area contributed by atoms with E-state index >= 15 is 0 Å². The molecule has 24 heavy (non-hydrogen) atoms. The largest absolute Gasteiger partial charge is 0.454 e. The summed E-state index contributed by atoms with van der Waals surface area (Å²) >= 11 is 0. The number of nitrogens with one attached hydrogen (secondary N) is 2. The zero-order valence-electron chi connectivity index (χ0n) is 13.6.